The van der Waals surface area contributed by atoms with Crippen LogP contribution in [0.2, 0.25) is 0 Å². The summed E-state index contributed by atoms with van der Waals surface area (Å²) in [6.45, 7) is 3.28. The molecule has 0 radical (unpaired) electrons. The molecule has 4 nitrogen and oxygen atoms in total. The molecule has 0 unspecified atom stereocenters. The van der Waals surface area contributed by atoms with Crippen molar-refractivity contribution in [3.8, 4) is 5.75 Å². The largest absolute Gasteiger partial charge is 0.488 e. The topological polar surface area (TPSA) is 50.4 Å². The van der Waals surface area contributed by atoms with Crippen molar-refractivity contribution in [3.05, 3.63) is 24.3 Å². The lowest BCUT2D eigenvalue weighted by atomic mass is 10.2. The fraction of sp³-hybridized carbons (Fsp3) is 0.364. The Bertz CT molecular complexity index is 367. The molecule has 0 bridgehead atoms. The first-order chi connectivity index (χ1) is 7.24. The number of hydrogen-bond donors (Lipinski definition) is 2. The number of nitrogens with one attached hydrogen (secondary N) is 2. The van der Waals surface area contributed by atoms with Gasteiger partial charge in [-0.15, -0.1) is 12.4 Å². The number of anilines is 1. The highest BCUT2D eigenvalue weighted by Crippen LogP contribution is 2.19. The predicted molar refractivity (Wildman–Crippen MR) is 65.3 cm³/mol. The third-order valence-electron chi connectivity index (χ3n) is 2.20. The van der Waals surface area contributed by atoms with E-state index >= 15 is 0 Å². The number of ether oxygens (including phenoxy) is 1. The lowest BCUT2D eigenvalue weighted by Crippen LogP contribution is -2.50. The maximum atomic E-state index is 10.9. The van der Waals surface area contributed by atoms with Crippen molar-refractivity contribution in [1.29, 1.82) is 0 Å². The second-order valence-electron chi connectivity index (χ2n) is 3.61. The molecule has 0 atom stereocenters. The SMILES string of the molecule is CC(=O)Nc1cccc(OC2CNC2)c1.Cl. The fourth-order valence-electron chi connectivity index (χ4n) is 1.39. The van der Waals surface area contributed by atoms with Gasteiger partial charge in [-0.2, -0.15) is 0 Å². The van der Waals surface area contributed by atoms with Gasteiger partial charge in [0, 0.05) is 31.8 Å². The summed E-state index contributed by atoms with van der Waals surface area (Å²) in [4.78, 5) is 10.9. The molecule has 0 spiro atoms. The smallest absolute Gasteiger partial charge is 0.221 e. The molecule has 1 saturated heterocycles. The zero-order chi connectivity index (χ0) is 10.7. The average molecular weight is 243 g/mol. The Labute approximate surface area is 101 Å². The summed E-state index contributed by atoms with van der Waals surface area (Å²) in [5.41, 5.74) is 0.771. The van der Waals surface area contributed by atoms with Crippen LogP contribution < -0.4 is 15.4 Å². The van der Waals surface area contributed by atoms with Crippen LogP contribution in [0.3, 0.4) is 0 Å². The average Bonchev–Trinajstić information content (AvgIpc) is 2.11. The molecule has 1 aliphatic heterocycles. The molecule has 1 aromatic carbocycles. The Kier molecular flexibility index (Phi) is 4.58. The van der Waals surface area contributed by atoms with Crippen LogP contribution in [0.15, 0.2) is 24.3 Å². The van der Waals surface area contributed by atoms with Gasteiger partial charge in [0.1, 0.15) is 11.9 Å². The quantitative estimate of drug-likeness (QED) is 0.843. The van der Waals surface area contributed by atoms with Crippen molar-refractivity contribution in [2.75, 3.05) is 18.4 Å². The zero-order valence-electron chi connectivity index (χ0n) is 9.03. The van der Waals surface area contributed by atoms with Crippen molar-refractivity contribution in [3.63, 3.8) is 0 Å². The van der Waals surface area contributed by atoms with E-state index in [2.05, 4.69) is 10.6 Å². The van der Waals surface area contributed by atoms with Gasteiger partial charge in [-0.3, -0.25) is 4.79 Å². The number of carbonyl (C=O) groups is 1. The van der Waals surface area contributed by atoms with Gasteiger partial charge in [-0.05, 0) is 12.1 Å². The Morgan fingerprint density at radius 1 is 1.50 bits per heavy atom. The van der Waals surface area contributed by atoms with Crippen LogP contribution >= 0.6 is 12.4 Å². The zero-order valence-corrected chi connectivity index (χ0v) is 9.84. The van der Waals surface area contributed by atoms with Crippen LogP contribution in [0.5, 0.6) is 5.75 Å². The summed E-state index contributed by atoms with van der Waals surface area (Å²) in [7, 11) is 0. The third-order valence-corrected chi connectivity index (χ3v) is 2.20. The van der Waals surface area contributed by atoms with Gasteiger partial charge < -0.3 is 15.4 Å². The standard InChI is InChI=1S/C11H14N2O2.ClH/c1-8(14)13-9-3-2-4-10(5-9)15-11-6-12-7-11;/h2-5,11-12H,6-7H2,1H3,(H,13,14);1H. The van der Waals surface area contributed by atoms with E-state index in [-0.39, 0.29) is 24.4 Å². The van der Waals surface area contributed by atoms with Crippen molar-refractivity contribution in [1.82, 2.24) is 5.32 Å². The van der Waals surface area contributed by atoms with E-state index in [1.807, 2.05) is 24.3 Å². The summed E-state index contributed by atoms with van der Waals surface area (Å²) in [5.74, 6) is 0.727. The van der Waals surface area contributed by atoms with Gasteiger partial charge in [0.05, 0.1) is 0 Å². The van der Waals surface area contributed by atoms with Crippen molar-refractivity contribution >= 4 is 24.0 Å². The second-order valence-corrected chi connectivity index (χ2v) is 3.61. The maximum absolute atomic E-state index is 10.9. The van der Waals surface area contributed by atoms with E-state index in [0.717, 1.165) is 24.5 Å². The normalized spacial score (nSPS) is 14.6. The van der Waals surface area contributed by atoms with E-state index in [4.69, 9.17) is 4.74 Å². The molecule has 0 aliphatic carbocycles. The van der Waals surface area contributed by atoms with E-state index in [1.54, 1.807) is 0 Å². The van der Waals surface area contributed by atoms with E-state index in [0.29, 0.717) is 0 Å². The molecular weight excluding hydrogens is 228 g/mol. The predicted octanol–water partition coefficient (Wildman–Crippen LogP) is 1.42. The molecule has 16 heavy (non-hydrogen) atoms. The Morgan fingerprint density at radius 3 is 2.81 bits per heavy atom. The number of rotatable bonds is 3. The Balaban J connectivity index is 0.00000128. The van der Waals surface area contributed by atoms with Crippen LogP contribution in [0.4, 0.5) is 5.69 Å². The third kappa shape index (κ3) is 3.40. The van der Waals surface area contributed by atoms with E-state index < -0.39 is 0 Å². The summed E-state index contributed by atoms with van der Waals surface area (Å²) in [6.07, 6.45) is 0.262. The van der Waals surface area contributed by atoms with Crippen LogP contribution in [0.25, 0.3) is 0 Å². The number of hydrogen-bond acceptors (Lipinski definition) is 3. The van der Waals surface area contributed by atoms with Gasteiger partial charge in [-0.1, -0.05) is 6.07 Å². The molecule has 1 amide bonds. The molecular formula is C11H15ClN2O2. The van der Waals surface area contributed by atoms with E-state index in [1.165, 1.54) is 6.92 Å². The van der Waals surface area contributed by atoms with Gasteiger partial charge in [0.15, 0.2) is 0 Å². The van der Waals surface area contributed by atoms with Crippen LogP contribution in [0.1, 0.15) is 6.92 Å². The van der Waals surface area contributed by atoms with Crippen molar-refractivity contribution in [2.45, 2.75) is 13.0 Å². The summed E-state index contributed by atoms with van der Waals surface area (Å²) in [6, 6.07) is 7.43. The van der Waals surface area contributed by atoms with Crippen molar-refractivity contribution in [2.24, 2.45) is 0 Å². The fourth-order valence-corrected chi connectivity index (χ4v) is 1.39. The van der Waals surface area contributed by atoms with E-state index in [9.17, 15) is 4.79 Å². The maximum Gasteiger partial charge on any atom is 0.221 e. The van der Waals surface area contributed by atoms with Gasteiger partial charge >= 0.3 is 0 Å². The van der Waals surface area contributed by atoms with Crippen molar-refractivity contribution < 1.29 is 9.53 Å². The molecule has 0 saturated carbocycles. The number of amides is 1. The summed E-state index contributed by atoms with van der Waals surface area (Å²) < 4.78 is 5.66. The first-order valence-corrected chi connectivity index (χ1v) is 4.99. The molecule has 88 valence electrons. The van der Waals surface area contributed by atoms with Crippen LogP contribution in [-0.2, 0) is 4.79 Å². The molecule has 1 fully saturated rings. The Hall–Kier alpha value is -1.26. The lowest BCUT2D eigenvalue weighted by Gasteiger charge is -2.27. The number of benzene rings is 1. The van der Waals surface area contributed by atoms with Crippen LogP contribution in [-0.4, -0.2) is 25.1 Å². The highest BCUT2D eigenvalue weighted by molar-refractivity contribution is 5.88. The molecule has 1 heterocycles. The molecule has 5 heteroatoms. The molecule has 1 aromatic rings. The highest BCUT2D eigenvalue weighted by atomic mass is 35.5. The molecule has 2 rings (SSSR count). The molecule has 0 aromatic heterocycles. The minimum absolute atomic E-state index is 0. The first-order valence-electron chi connectivity index (χ1n) is 4.99. The summed E-state index contributed by atoms with van der Waals surface area (Å²) in [5, 5.41) is 5.85. The van der Waals surface area contributed by atoms with Gasteiger partial charge in [0.2, 0.25) is 5.91 Å². The summed E-state index contributed by atoms with van der Waals surface area (Å²) >= 11 is 0. The second kappa shape index (κ2) is 5.72. The minimum atomic E-state index is -0.0718. The monoisotopic (exact) mass is 242 g/mol. The van der Waals surface area contributed by atoms with Gasteiger partial charge in [0.25, 0.3) is 0 Å². The number of halogens is 1. The minimum Gasteiger partial charge on any atom is -0.488 e. The lowest BCUT2D eigenvalue weighted by molar-refractivity contribution is -0.114. The number of carbonyl (C=O) groups excluding carboxylic acids is 1. The van der Waals surface area contributed by atoms with Gasteiger partial charge in [-0.25, -0.2) is 0 Å². The highest BCUT2D eigenvalue weighted by Gasteiger charge is 2.18. The van der Waals surface area contributed by atoms with Crippen LogP contribution in [0, 0.1) is 0 Å². The molecule has 1 aliphatic rings. The Morgan fingerprint density at radius 2 is 2.25 bits per heavy atom. The molecule has 2 N–H and O–H groups in total. The first kappa shape index (κ1) is 12.8.